The molecule has 1 heterocycles. The maximum atomic E-state index is 14.5. The Morgan fingerprint density at radius 1 is 1.33 bits per heavy atom. The highest BCUT2D eigenvalue weighted by Gasteiger charge is 2.32. The second-order valence-corrected chi connectivity index (χ2v) is 7.92. The van der Waals surface area contributed by atoms with Gasteiger partial charge >= 0.3 is 6.09 Å². The highest BCUT2D eigenvalue weighted by Crippen LogP contribution is 2.35. The lowest BCUT2D eigenvalue weighted by Crippen LogP contribution is -2.39. The van der Waals surface area contributed by atoms with Gasteiger partial charge in [0.25, 0.3) is 0 Å². The number of aliphatic hydroxyl groups excluding tert-OH is 1. The van der Waals surface area contributed by atoms with Crippen molar-refractivity contribution in [1.82, 2.24) is 5.32 Å². The highest BCUT2D eigenvalue weighted by molar-refractivity contribution is 6.02. The number of hydrogen-bond donors (Lipinski definition) is 3. The average molecular weight is 381 g/mol. The number of halogens is 1. The molecule has 0 aromatic heterocycles. The van der Waals surface area contributed by atoms with Crippen LogP contribution in [0.1, 0.15) is 40.2 Å². The Hall–Kier alpha value is -2.35. The van der Waals surface area contributed by atoms with Crippen molar-refractivity contribution < 1.29 is 23.8 Å². The van der Waals surface area contributed by atoms with Crippen molar-refractivity contribution in [2.45, 2.75) is 58.8 Å². The van der Waals surface area contributed by atoms with Crippen LogP contribution in [0.2, 0.25) is 0 Å². The van der Waals surface area contributed by atoms with E-state index >= 15 is 0 Å². The predicted octanol–water partition coefficient (Wildman–Crippen LogP) is 2.42. The summed E-state index contributed by atoms with van der Waals surface area (Å²) in [4.78, 5) is 25.1. The molecule has 1 unspecified atom stereocenters. The topological polar surface area (TPSA) is 90.9 Å². The monoisotopic (exact) mass is 381 g/mol. The van der Waals surface area contributed by atoms with E-state index in [4.69, 9.17) is 4.74 Å². The van der Waals surface area contributed by atoms with Gasteiger partial charge in [0.15, 0.2) is 0 Å². The van der Waals surface area contributed by atoms with E-state index in [1.54, 1.807) is 26.8 Å². The Morgan fingerprint density at radius 2 is 2.00 bits per heavy atom. The minimum absolute atomic E-state index is 0.00501. The van der Waals surface area contributed by atoms with Crippen LogP contribution in [0.5, 0.6) is 0 Å². The second kappa shape index (κ2) is 8.12. The van der Waals surface area contributed by atoms with Crippen LogP contribution in [0.3, 0.4) is 0 Å². The summed E-state index contributed by atoms with van der Waals surface area (Å²) >= 11 is 0. The molecule has 2 rings (SSSR count). The van der Waals surface area contributed by atoms with E-state index in [2.05, 4.69) is 10.6 Å². The number of carbonyl (C=O) groups excluding carboxylic acids is 2. The van der Waals surface area contributed by atoms with Crippen LogP contribution in [-0.2, 0) is 16.0 Å². The lowest BCUT2D eigenvalue weighted by atomic mass is 10.1. The molecular formula is C19H28FN3O4. The first kappa shape index (κ1) is 21.0. The van der Waals surface area contributed by atoms with Crippen LogP contribution in [0, 0.1) is 5.82 Å². The fourth-order valence-electron chi connectivity index (χ4n) is 2.90. The molecule has 1 aliphatic rings. The fraction of sp³-hybridized carbons (Fsp3) is 0.579. The van der Waals surface area contributed by atoms with E-state index in [0.29, 0.717) is 16.9 Å². The third-order valence-corrected chi connectivity index (χ3v) is 3.93. The normalized spacial score (nSPS) is 15.0. The van der Waals surface area contributed by atoms with Gasteiger partial charge in [-0.2, -0.15) is 0 Å². The van der Waals surface area contributed by atoms with Crippen molar-refractivity contribution in [3.05, 3.63) is 23.5 Å². The van der Waals surface area contributed by atoms with Crippen LogP contribution in [0.15, 0.2) is 12.1 Å². The molecule has 0 bridgehead atoms. The molecule has 3 N–H and O–H groups in total. The SMILES string of the molecule is CC(C)N1C(=O)Cc2cc(NCC(O)CNC(=O)OC(C)(C)C)cc(F)c21. The number of benzene rings is 1. The Labute approximate surface area is 158 Å². The number of fused-ring (bicyclic) bond motifs is 1. The standard InChI is InChI=1S/C19H28FN3O4/c1-11(2)23-16(25)7-12-6-13(8-15(20)17(12)23)21-9-14(24)10-22-18(26)27-19(3,4)5/h6,8,11,14,21,24H,7,9-10H2,1-5H3,(H,22,26). The first-order valence-corrected chi connectivity index (χ1v) is 9.01. The summed E-state index contributed by atoms with van der Waals surface area (Å²) in [5, 5.41) is 15.4. The molecule has 0 radical (unpaired) electrons. The molecule has 1 aromatic carbocycles. The maximum absolute atomic E-state index is 14.5. The molecule has 1 atom stereocenters. The van der Waals surface area contributed by atoms with Crippen LogP contribution in [-0.4, -0.2) is 47.9 Å². The number of ether oxygens (including phenoxy) is 1. The Kier molecular flexibility index (Phi) is 6.30. The van der Waals surface area contributed by atoms with Gasteiger partial charge in [-0.05, 0) is 52.3 Å². The summed E-state index contributed by atoms with van der Waals surface area (Å²) < 4.78 is 19.6. The van der Waals surface area contributed by atoms with E-state index < -0.39 is 23.6 Å². The zero-order valence-corrected chi connectivity index (χ0v) is 16.4. The van der Waals surface area contributed by atoms with Gasteiger partial charge in [0, 0.05) is 24.8 Å². The zero-order valence-electron chi connectivity index (χ0n) is 16.4. The quantitative estimate of drug-likeness (QED) is 0.704. The summed E-state index contributed by atoms with van der Waals surface area (Å²) in [5.74, 6) is -0.603. The number of carbonyl (C=O) groups is 2. The lowest BCUT2D eigenvalue weighted by Gasteiger charge is -2.23. The number of nitrogens with zero attached hydrogens (tertiary/aromatic N) is 1. The van der Waals surface area contributed by atoms with Crippen molar-refractivity contribution in [3.63, 3.8) is 0 Å². The molecule has 0 spiro atoms. The van der Waals surface area contributed by atoms with E-state index in [1.165, 1.54) is 11.0 Å². The summed E-state index contributed by atoms with van der Waals surface area (Å²) in [6, 6.07) is 2.90. The van der Waals surface area contributed by atoms with Crippen LogP contribution in [0.25, 0.3) is 0 Å². The zero-order chi connectivity index (χ0) is 20.4. The van der Waals surface area contributed by atoms with Crippen molar-refractivity contribution in [3.8, 4) is 0 Å². The first-order chi connectivity index (χ1) is 12.5. The Balaban J connectivity index is 1.92. The smallest absolute Gasteiger partial charge is 0.407 e. The van der Waals surface area contributed by atoms with Gasteiger partial charge in [0.2, 0.25) is 5.91 Å². The molecular weight excluding hydrogens is 353 g/mol. The van der Waals surface area contributed by atoms with E-state index in [-0.39, 0.29) is 31.5 Å². The molecule has 8 heteroatoms. The molecule has 0 saturated carbocycles. The van der Waals surface area contributed by atoms with E-state index in [1.807, 2.05) is 13.8 Å². The minimum atomic E-state index is -0.886. The van der Waals surface area contributed by atoms with Crippen LogP contribution >= 0.6 is 0 Å². The van der Waals surface area contributed by atoms with Crippen molar-refractivity contribution in [1.29, 1.82) is 0 Å². The van der Waals surface area contributed by atoms with Crippen LogP contribution in [0.4, 0.5) is 20.6 Å². The van der Waals surface area contributed by atoms with Crippen molar-refractivity contribution >= 4 is 23.4 Å². The molecule has 0 aliphatic carbocycles. The van der Waals surface area contributed by atoms with E-state index in [9.17, 15) is 19.1 Å². The molecule has 7 nitrogen and oxygen atoms in total. The summed E-state index contributed by atoms with van der Waals surface area (Å²) in [7, 11) is 0. The third-order valence-electron chi connectivity index (χ3n) is 3.93. The largest absolute Gasteiger partial charge is 0.444 e. The van der Waals surface area contributed by atoms with Gasteiger partial charge in [-0.15, -0.1) is 0 Å². The summed E-state index contributed by atoms with van der Waals surface area (Å²) in [5.41, 5.74) is 0.808. The molecule has 1 aromatic rings. The summed E-state index contributed by atoms with van der Waals surface area (Å²) in [6.07, 6.45) is -1.34. The van der Waals surface area contributed by atoms with Crippen molar-refractivity contribution in [2.24, 2.45) is 0 Å². The Morgan fingerprint density at radius 3 is 2.59 bits per heavy atom. The van der Waals surface area contributed by atoms with Crippen molar-refractivity contribution in [2.75, 3.05) is 23.3 Å². The number of amides is 2. The lowest BCUT2D eigenvalue weighted by molar-refractivity contribution is -0.117. The number of hydrogen-bond acceptors (Lipinski definition) is 5. The number of anilines is 2. The average Bonchev–Trinajstić information content (AvgIpc) is 2.86. The fourth-order valence-corrected chi connectivity index (χ4v) is 2.90. The van der Waals surface area contributed by atoms with Gasteiger partial charge in [-0.3, -0.25) is 4.79 Å². The van der Waals surface area contributed by atoms with Gasteiger partial charge < -0.3 is 25.4 Å². The number of alkyl carbamates (subject to hydrolysis) is 1. The molecule has 2 amide bonds. The Bertz CT molecular complexity index is 716. The van der Waals surface area contributed by atoms with Gasteiger partial charge in [-0.1, -0.05) is 0 Å². The molecule has 27 heavy (non-hydrogen) atoms. The number of nitrogens with one attached hydrogen (secondary N) is 2. The molecule has 150 valence electrons. The predicted molar refractivity (Wildman–Crippen MR) is 101 cm³/mol. The highest BCUT2D eigenvalue weighted by atomic mass is 19.1. The minimum Gasteiger partial charge on any atom is -0.444 e. The molecule has 0 saturated heterocycles. The molecule has 0 fully saturated rings. The van der Waals surface area contributed by atoms with Gasteiger partial charge in [0.05, 0.1) is 18.2 Å². The van der Waals surface area contributed by atoms with Crippen LogP contribution < -0.4 is 15.5 Å². The molecule has 1 aliphatic heterocycles. The second-order valence-electron chi connectivity index (χ2n) is 7.92. The van der Waals surface area contributed by atoms with Gasteiger partial charge in [0.1, 0.15) is 11.4 Å². The number of rotatable bonds is 6. The number of aliphatic hydroxyl groups is 1. The maximum Gasteiger partial charge on any atom is 0.407 e. The van der Waals surface area contributed by atoms with Gasteiger partial charge in [-0.25, -0.2) is 9.18 Å². The van der Waals surface area contributed by atoms with E-state index in [0.717, 1.165) is 0 Å². The summed E-state index contributed by atoms with van der Waals surface area (Å²) in [6.45, 7) is 9.03. The first-order valence-electron chi connectivity index (χ1n) is 9.01. The third kappa shape index (κ3) is 5.56.